The van der Waals surface area contributed by atoms with E-state index < -0.39 is 7.14 Å². The topological polar surface area (TPSA) is 42.9 Å². The minimum atomic E-state index is -3.24. The number of pyridine rings is 2. The molecule has 9 aromatic rings. The summed E-state index contributed by atoms with van der Waals surface area (Å²) >= 11 is 0. The zero-order valence-electron chi connectivity index (χ0n) is 26.0. The van der Waals surface area contributed by atoms with E-state index in [9.17, 15) is 0 Å². The van der Waals surface area contributed by atoms with Crippen LogP contribution >= 0.6 is 7.14 Å². The molecule has 48 heavy (non-hydrogen) atoms. The Bertz CT molecular complexity index is 2650. The quantitative estimate of drug-likeness (QED) is 0.140. The minimum Gasteiger partial charge on any atom is -0.307 e. The van der Waals surface area contributed by atoms with Crippen LogP contribution in [0, 0.1) is 0 Å². The van der Waals surface area contributed by atoms with Crippen molar-refractivity contribution in [2.75, 3.05) is 0 Å². The second-order valence-electron chi connectivity index (χ2n) is 12.1. The van der Waals surface area contributed by atoms with Crippen molar-refractivity contribution in [2.24, 2.45) is 0 Å². The van der Waals surface area contributed by atoms with Gasteiger partial charge in [0.25, 0.3) is 0 Å². The highest BCUT2D eigenvalue weighted by Crippen LogP contribution is 2.44. The van der Waals surface area contributed by atoms with Gasteiger partial charge in [-0.2, -0.15) is 0 Å². The molecule has 0 amide bonds. The molecule has 0 saturated carbocycles. The number of nitrogens with zero attached hydrogens (tertiary/aromatic N) is 2. The molecular formula is C44H29N2OP. The summed E-state index contributed by atoms with van der Waals surface area (Å²) in [6.07, 6.45) is 0. The zero-order chi connectivity index (χ0) is 32.1. The fourth-order valence-corrected chi connectivity index (χ4v) is 9.62. The van der Waals surface area contributed by atoms with E-state index in [0.717, 1.165) is 60.2 Å². The average Bonchev–Trinajstić information content (AvgIpc) is 3.18. The summed E-state index contributed by atoms with van der Waals surface area (Å²) in [7, 11) is -3.24. The monoisotopic (exact) mass is 632 g/mol. The van der Waals surface area contributed by atoms with Crippen LogP contribution in [0.3, 0.4) is 0 Å². The molecule has 0 radical (unpaired) electrons. The molecule has 0 fully saturated rings. The Morgan fingerprint density at radius 2 is 0.938 bits per heavy atom. The molecule has 0 N–H and O–H groups in total. The highest BCUT2D eigenvalue weighted by atomic mass is 31.2. The summed E-state index contributed by atoms with van der Waals surface area (Å²) in [5, 5.41) is 9.60. The molecule has 0 aliphatic rings. The summed E-state index contributed by atoms with van der Waals surface area (Å²) in [4.78, 5) is 10.6. The predicted molar refractivity (Wildman–Crippen MR) is 202 cm³/mol. The highest BCUT2D eigenvalue weighted by molar-refractivity contribution is 7.85. The highest BCUT2D eigenvalue weighted by Gasteiger charge is 2.31. The third-order valence-electron chi connectivity index (χ3n) is 9.31. The number of rotatable bonds is 5. The molecule has 3 nitrogen and oxygen atoms in total. The molecule has 0 bridgehead atoms. The van der Waals surface area contributed by atoms with Crippen molar-refractivity contribution in [3.63, 3.8) is 0 Å². The molecule has 4 heteroatoms. The molecule has 0 unspecified atom stereocenters. The first-order chi connectivity index (χ1) is 23.7. The van der Waals surface area contributed by atoms with Gasteiger partial charge in [0.05, 0.1) is 16.9 Å². The first kappa shape index (κ1) is 28.3. The van der Waals surface area contributed by atoms with Crippen LogP contribution in [0.1, 0.15) is 0 Å². The van der Waals surface area contributed by atoms with Crippen LogP contribution in [0.2, 0.25) is 0 Å². The molecule has 7 aromatic carbocycles. The van der Waals surface area contributed by atoms with E-state index in [1.165, 1.54) is 16.2 Å². The van der Waals surface area contributed by atoms with Crippen molar-refractivity contribution in [3.05, 3.63) is 176 Å². The number of hydrogen-bond acceptors (Lipinski definition) is 3. The lowest BCUT2D eigenvalue weighted by Crippen LogP contribution is -2.27. The number of fused-ring (bicyclic) bond motifs is 8. The van der Waals surface area contributed by atoms with Crippen LogP contribution in [-0.2, 0) is 4.57 Å². The second-order valence-corrected chi connectivity index (χ2v) is 14.8. The third kappa shape index (κ3) is 4.47. The molecule has 9 rings (SSSR count). The lowest BCUT2D eigenvalue weighted by Gasteiger charge is -2.20. The smallest absolute Gasteiger partial charge is 0.188 e. The van der Waals surface area contributed by atoms with Gasteiger partial charge in [0.2, 0.25) is 0 Å². The van der Waals surface area contributed by atoms with E-state index in [0.29, 0.717) is 5.44 Å². The van der Waals surface area contributed by atoms with Crippen LogP contribution < -0.4 is 16.0 Å². The summed E-state index contributed by atoms with van der Waals surface area (Å²) in [5.41, 5.74) is 5.25. The summed E-state index contributed by atoms with van der Waals surface area (Å²) in [6, 6.07) is 59.4. The van der Waals surface area contributed by atoms with E-state index in [4.69, 9.17) is 9.97 Å². The van der Waals surface area contributed by atoms with Gasteiger partial charge >= 0.3 is 0 Å². The van der Waals surface area contributed by atoms with E-state index in [-0.39, 0.29) is 0 Å². The molecular weight excluding hydrogens is 603 g/mol. The fourth-order valence-electron chi connectivity index (χ4n) is 7.07. The Balaban J connectivity index is 1.32. The number of hydrogen-bond donors (Lipinski definition) is 0. The molecule has 0 saturated heterocycles. The normalized spacial score (nSPS) is 11.8. The van der Waals surface area contributed by atoms with E-state index in [2.05, 4.69) is 91.0 Å². The fraction of sp³-hybridized carbons (Fsp3) is 0. The predicted octanol–water partition coefficient (Wildman–Crippen LogP) is 10.1. The average molecular weight is 633 g/mol. The standard InChI is InChI=1S/C44H29N2OP/c47-48(32-17-6-2-7-18-32,33-19-8-3-9-20-33)41-26-14-25-40(45-41)31-27-28-37-39(29-31)43(30-15-4-1-5-16-30)46-44-38-24-13-11-22-35(38)34-21-10-12-23-36(34)42(37)44/h1-29H. The Hall–Kier alpha value is -5.89. The van der Waals surface area contributed by atoms with Crippen LogP contribution in [0.4, 0.5) is 0 Å². The van der Waals surface area contributed by atoms with Crippen molar-refractivity contribution in [2.45, 2.75) is 0 Å². The molecule has 0 aliphatic carbocycles. The van der Waals surface area contributed by atoms with Gasteiger partial charge in [-0.1, -0.05) is 158 Å². The third-order valence-corrected chi connectivity index (χ3v) is 12.3. The first-order valence-corrected chi connectivity index (χ1v) is 17.8. The van der Waals surface area contributed by atoms with Gasteiger partial charge in [0.15, 0.2) is 7.14 Å². The van der Waals surface area contributed by atoms with Gasteiger partial charge in [-0.25, -0.2) is 9.97 Å². The zero-order valence-corrected chi connectivity index (χ0v) is 26.9. The number of benzene rings is 7. The second kappa shape index (κ2) is 11.4. The van der Waals surface area contributed by atoms with E-state index in [1.54, 1.807) is 0 Å². The maximum absolute atomic E-state index is 15.2. The summed E-state index contributed by atoms with van der Waals surface area (Å²) < 4.78 is 15.2. The van der Waals surface area contributed by atoms with Crippen molar-refractivity contribution < 1.29 is 4.57 Å². The Labute approximate surface area is 278 Å². The van der Waals surface area contributed by atoms with Crippen LogP contribution in [0.5, 0.6) is 0 Å². The Morgan fingerprint density at radius 3 is 1.60 bits per heavy atom. The molecule has 226 valence electrons. The lowest BCUT2D eigenvalue weighted by atomic mass is 9.91. The maximum Gasteiger partial charge on any atom is 0.188 e. The van der Waals surface area contributed by atoms with Crippen LogP contribution in [0.25, 0.3) is 65.7 Å². The molecule has 0 aliphatic heterocycles. The van der Waals surface area contributed by atoms with Crippen LogP contribution in [0.15, 0.2) is 176 Å². The summed E-state index contributed by atoms with van der Waals surface area (Å²) in [5.74, 6) is 0. The first-order valence-electron chi connectivity index (χ1n) is 16.1. The van der Waals surface area contributed by atoms with Crippen molar-refractivity contribution >= 4 is 66.4 Å². The van der Waals surface area contributed by atoms with Crippen molar-refractivity contribution in [1.29, 1.82) is 0 Å². The van der Waals surface area contributed by atoms with Gasteiger partial charge in [0, 0.05) is 37.9 Å². The van der Waals surface area contributed by atoms with Crippen molar-refractivity contribution in [3.8, 4) is 22.5 Å². The van der Waals surface area contributed by atoms with E-state index >= 15 is 4.57 Å². The molecule has 0 atom stereocenters. The van der Waals surface area contributed by atoms with Gasteiger partial charge in [0.1, 0.15) is 5.44 Å². The SMILES string of the molecule is O=P(c1ccccc1)(c1ccccc1)c1cccc(-c2ccc3c(c2)c(-c2ccccc2)nc2c4ccccc4c4ccccc4c32)n1. The minimum absolute atomic E-state index is 0.565. The van der Waals surface area contributed by atoms with Crippen LogP contribution in [-0.4, -0.2) is 9.97 Å². The molecule has 2 heterocycles. The van der Waals surface area contributed by atoms with Gasteiger partial charge in [-0.3, -0.25) is 0 Å². The molecule has 2 aromatic heterocycles. The van der Waals surface area contributed by atoms with Gasteiger partial charge in [-0.05, 0) is 39.7 Å². The van der Waals surface area contributed by atoms with Gasteiger partial charge in [-0.15, -0.1) is 0 Å². The van der Waals surface area contributed by atoms with E-state index in [1.807, 2.05) is 84.9 Å². The van der Waals surface area contributed by atoms with Gasteiger partial charge < -0.3 is 4.57 Å². The Morgan fingerprint density at radius 1 is 0.396 bits per heavy atom. The maximum atomic E-state index is 15.2. The van der Waals surface area contributed by atoms with Crippen molar-refractivity contribution in [1.82, 2.24) is 9.97 Å². The number of aromatic nitrogens is 2. The lowest BCUT2D eigenvalue weighted by molar-refractivity contribution is 0.592. The largest absolute Gasteiger partial charge is 0.307 e. The molecule has 0 spiro atoms. The Kier molecular flexibility index (Phi) is 6.74. The summed E-state index contributed by atoms with van der Waals surface area (Å²) in [6.45, 7) is 0.